The highest BCUT2D eigenvalue weighted by molar-refractivity contribution is 8.00. The summed E-state index contributed by atoms with van der Waals surface area (Å²) in [7, 11) is 0. The van der Waals surface area contributed by atoms with Gasteiger partial charge in [-0.1, -0.05) is 6.07 Å². The third kappa shape index (κ3) is 4.44. The minimum absolute atomic E-state index is 0.0674. The van der Waals surface area contributed by atoms with Crippen LogP contribution in [0, 0.1) is 6.92 Å². The van der Waals surface area contributed by atoms with Crippen LogP contribution in [0.15, 0.2) is 23.1 Å². The summed E-state index contributed by atoms with van der Waals surface area (Å²) in [6, 6.07) is 6.13. The zero-order chi connectivity index (χ0) is 13.7. The SMILES string of the molecule is Cc1ccc(N)c(SCC(=O)NC2CCOCC2)c1. The van der Waals surface area contributed by atoms with Crippen LogP contribution in [0.3, 0.4) is 0 Å². The predicted molar refractivity (Wildman–Crippen MR) is 78.3 cm³/mol. The van der Waals surface area contributed by atoms with Crippen LogP contribution in [-0.2, 0) is 9.53 Å². The zero-order valence-corrected chi connectivity index (χ0v) is 12.0. The van der Waals surface area contributed by atoms with Gasteiger partial charge in [-0.2, -0.15) is 0 Å². The second-order valence-electron chi connectivity index (χ2n) is 4.78. The molecule has 19 heavy (non-hydrogen) atoms. The van der Waals surface area contributed by atoms with Gasteiger partial charge in [-0.05, 0) is 37.5 Å². The molecule has 1 aromatic rings. The fourth-order valence-corrected chi connectivity index (χ4v) is 2.90. The summed E-state index contributed by atoms with van der Waals surface area (Å²) in [5.74, 6) is 0.475. The topological polar surface area (TPSA) is 64.4 Å². The zero-order valence-electron chi connectivity index (χ0n) is 11.1. The van der Waals surface area contributed by atoms with Gasteiger partial charge in [-0.15, -0.1) is 11.8 Å². The maximum Gasteiger partial charge on any atom is 0.230 e. The molecule has 0 bridgehead atoms. The molecule has 1 fully saturated rings. The van der Waals surface area contributed by atoms with Crippen LogP contribution in [0.2, 0.25) is 0 Å². The maximum absolute atomic E-state index is 11.9. The van der Waals surface area contributed by atoms with Crippen LogP contribution in [0.25, 0.3) is 0 Å². The lowest BCUT2D eigenvalue weighted by atomic mass is 10.1. The molecule has 0 aliphatic carbocycles. The van der Waals surface area contributed by atoms with Gasteiger partial charge in [0.15, 0.2) is 0 Å². The number of benzene rings is 1. The number of amides is 1. The number of hydrogen-bond donors (Lipinski definition) is 2. The average molecular weight is 280 g/mol. The monoisotopic (exact) mass is 280 g/mol. The molecule has 0 unspecified atom stereocenters. The van der Waals surface area contributed by atoms with E-state index in [1.807, 2.05) is 25.1 Å². The van der Waals surface area contributed by atoms with E-state index in [1.54, 1.807) is 0 Å². The highest BCUT2D eigenvalue weighted by atomic mass is 32.2. The van der Waals surface area contributed by atoms with Crippen molar-refractivity contribution in [3.63, 3.8) is 0 Å². The van der Waals surface area contributed by atoms with Gasteiger partial charge >= 0.3 is 0 Å². The molecule has 0 aromatic heterocycles. The summed E-state index contributed by atoms with van der Waals surface area (Å²) in [4.78, 5) is 12.8. The van der Waals surface area contributed by atoms with Gasteiger partial charge in [-0.25, -0.2) is 0 Å². The van der Waals surface area contributed by atoms with Crippen molar-refractivity contribution in [1.29, 1.82) is 0 Å². The van der Waals surface area contributed by atoms with E-state index in [1.165, 1.54) is 11.8 Å². The van der Waals surface area contributed by atoms with Crippen LogP contribution in [0.5, 0.6) is 0 Å². The first kappa shape index (κ1) is 14.2. The normalized spacial score (nSPS) is 16.3. The van der Waals surface area contributed by atoms with Gasteiger partial charge < -0.3 is 15.8 Å². The Kier molecular flexibility index (Phi) is 5.10. The first-order valence-electron chi connectivity index (χ1n) is 6.51. The Morgan fingerprint density at radius 3 is 2.95 bits per heavy atom. The fraction of sp³-hybridized carbons (Fsp3) is 0.500. The lowest BCUT2D eigenvalue weighted by Crippen LogP contribution is -2.39. The number of nitrogen functional groups attached to an aromatic ring is 1. The van der Waals surface area contributed by atoms with Crippen LogP contribution in [-0.4, -0.2) is 30.9 Å². The quantitative estimate of drug-likeness (QED) is 0.654. The van der Waals surface area contributed by atoms with Crippen LogP contribution in [0.1, 0.15) is 18.4 Å². The third-order valence-electron chi connectivity index (χ3n) is 3.11. The number of nitrogens with one attached hydrogen (secondary N) is 1. The van der Waals surface area contributed by atoms with Crippen molar-refractivity contribution in [3.05, 3.63) is 23.8 Å². The van der Waals surface area contributed by atoms with Gasteiger partial charge in [0.2, 0.25) is 5.91 Å². The lowest BCUT2D eigenvalue weighted by molar-refractivity contribution is -0.119. The minimum atomic E-state index is 0.0674. The maximum atomic E-state index is 11.9. The van der Waals surface area contributed by atoms with Gasteiger partial charge in [0.05, 0.1) is 5.75 Å². The van der Waals surface area contributed by atoms with Crippen molar-refractivity contribution in [2.24, 2.45) is 0 Å². The molecule has 5 heteroatoms. The van der Waals surface area contributed by atoms with Crippen molar-refractivity contribution in [3.8, 4) is 0 Å². The van der Waals surface area contributed by atoms with Crippen molar-refractivity contribution < 1.29 is 9.53 Å². The summed E-state index contributed by atoms with van der Waals surface area (Å²) >= 11 is 1.49. The second kappa shape index (κ2) is 6.82. The van der Waals surface area contributed by atoms with E-state index < -0.39 is 0 Å². The Morgan fingerprint density at radius 1 is 1.47 bits per heavy atom. The van der Waals surface area contributed by atoms with Crippen LogP contribution < -0.4 is 11.1 Å². The number of thioether (sulfide) groups is 1. The molecule has 1 heterocycles. The summed E-state index contributed by atoms with van der Waals surface area (Å²) in [5, 5.41) is 3.04. The standard InChI is InChI=1S/C14H20N2O2S/c1-10-2-3-12(15)13(8-10)19-9-14(17)16-11-4-6-18-7-5-11/h2-3,8,11H,4-7,9,15H2,1H3,(H,16,17). The summed E-state index contributed by atoms with van der Waals surface area (Å²) in [5.41, 5.74) is 7.78. The van der Waals surface area contributed by atoms with Crippen molar-refractivity contribution in [2.75, 3.05) is 24.7 Å². The van der Waals surface area contributed by atoms with Crippen molar-refractivity contribution in [1.82, 2.24) is 5.32 Å². The molecule has 0 atom stereocenters. The van der Waals surface area contributed by atoms with E-state index in [-0.39, 0.29) is 11.9 Å². The van der Waals surface area contributed by atoms with Gasteiger partial charge in [0, 0.05) is 29.8 Å². The smallest absolute Gasteiger partial charge is 0.230 e. The molecule has 1 amide bonds. The number of hydrogen-bond acceptors (Lipinski definition) is 4. The third-order valence-corrected chi connectivity index (χ3v) is 4.19. The molecule has 4 nitrogen and oxygen atoms in total. The first-order chi connectivity index (χ1) is 9.15. The number of rotatable bonds is 4. The Hall–Kier alpha value is -1.20. The highest BCUT2D eigenvalue weighted by Gasteiger charge is 2.16. The lowest BCUT2D eigenvalue weighted by Gasteiger charge is -2.23. The molecule has 3 N–H and O–H groups in total. The van der Waals surface area contributed by atoms with E-state index >= 15 is 0 Å². The van der Waals surface area contributed by atoms with Gasteiger partial charge in [-0.3, -0.25) is 4.79 Å². The molecule has 1 aliphatic heterocycles. The molecule has 104 valence electrons. The molecule has 1 saturated heterocycles. The van der Waals surface area contributed by atoms with E-state index in [0.29, 0.717) is 5.75 Å². The molecule has 0 spiro atoms. The van der Waals surface area contributed by atoms with Crippen molar-refractivity contribution >= 4 is 23.4 Å². The summed E-state index contributed by atoms with van der Waals surface area (Å²) in [6.45, 7) is 3.50. The summed E-state index contributed by atoms with van der Waals surface area (Å²) in [6.07, 6.45) is 1.81. The molecule has 0 radical (unpaired) electrons. The van der Waals surface area contributed by atoms with Gasteiger partial charge in [0.1, 0.15) is 0 Å². The number of carbonyl (C=O) groups excluding carboxylic acids is 1. The van der Waals surface area contributed by atoms with Crippen LogP contribution in [0.4, 0.5) is 5.69 Å². The Morgan fingerprint density at radius 2 is 2.21 bits per heavy atom. The van der Waals surface area contributed by atoms with E-state index in [4.69, 9.17) is 10.5 Å². The Bertz CT molecular complexity index is 445. The average Bonchev–Trinajstić information content (AvgIpc) is 2.41. The largest absolute Gasteiger partial charge is 0.398 e. The molecular weight excluding hydrogens is 260 g/mol. The Labute approximate surface area is 118 Å². The van der Waals surface area contributed by atoms with Crippen LogP contribution >= 0.6 is 11.8 Å². The molecule has 0 saturated carbocycles. The highest BCUT2D eigenvalue weighted by Crippen LogP contribution is 2.25. The van der Waals surface area contributed by atoms with E-state index in [2.05, 4.69) is 5.32 Å². The fourth-order valence-electron chi connectivity index (χ4n) is 2.02. The number of carbonyl (C=O) groups is 1. The second-order valence-corrected chi connectivity index (χ2v) is 5.80. The van der Waals surface area contributed by atoms with E-state index in [0.717, 1.165) is 42.2 Å². The van der Waals surface area contributed by atoms with E-state index in [9.17, 15) is 4.79 Å². The minimum Gasteiger partial charge on any atom is -0.398 e. The number of aryl methyl sites for hydroxylation is 1. The Balaban J connectivity index is 1.81. The molecule has 1 aliphatic rings. The van der Waals surface area contributed by atoms with Crippen molar-refractivity contribution in [2.45, 2.75) is 30.7 Å². The molecule has 1 aromatic carbocycles. The molecular formula is C14H20N2O2S. The first-order valence-corrected chi connectivity index (χ1v) is 7.50. The predicted octanol–water partition coefficient (Wildman–Crippen LogP) is 1.96. The van der Waals surface area contributed by atoms with Gasteiger partial charge in [0.25, 0.3) is 0 Å². The number of anilines is 1. The summed E-state index contributed by atoms with van der Waals surface area (Å²) < 4.78 is 5.27. The molecule has 2 rings (SSSR count). The number of nitrogens with two attached hydrogens (primary N) is 1. The number of ether oxygens (including phenoxy) is 1.